The van der Waals surface area contributed by atoms with Crippen molar-refractivity contribution in [3.05, 3.63) is 0 Å². The number of methoxy groups -OCH3 is 1. The Morgan fingerprint density at radius 3 is 2.11 bits per heavy atom. The van der Waals surface area contributed by atoms with Gasteiger partial charge in [-0.1, -0.05) is 47.0 Å². The van der Waals surface area contributed by atoms with Gasteiger partial charge < -0.3 is 9.47 Å². The summed E-state index contributed by atoms with van der Waals surface area (Å²) in [6, 6.07) is 0. The molecule has 0 radical (unpaired) electrons. The van der Waals surface area contributed by atoms with Crippen LogP contribution in [0, 0.1) is 10.8 Å². The zero-order chi connectivity index (χ0) is 14.2. The molecule has 0 aliphatic carbocycles. The molecule has 0 aromatic rings. The molecule has 0 saturated carbocycles. The van der Waals surface area contributed by atoms with Crippen LogP contribution in [0.25, 0.3) is 0 Å². The van der Waals surface area contributed by atoms with Gasteiger partial charge in [-0.3, -0.25) is 4.79 Å². The summed E-state index contributed by atoms with van der Waals surface area (Å²) in [4.78, 5) is 12.4. The lowest BCUT2D eigenvalue weighted by Crippen LogP contribution is -2.47. The number of hydrogen-bond acceptors (Lipinski definition) is 3. The standard InChI is InChI=1S/C15H30O3/c1-7-9-10-11-15(12-17-6,14(3,4)5)13(16)18-8-2/h7-12H2,1-6H3. The molecule has 1 unspecified atom stereocenters. The predicted octanol–water partition coefficient (Wildman–Crippen LogP) is 3.81. The Labute approximate surface area is 112 Å². The highest BCUT2D eigenvalue weighted by Gasteiger charge is 2.49. The third-order valence-electron chi connectivity index (χ3n) is 3.70. The lowest BCUT2D eigenvalue weighted by molar-refractivity contribution is -0.169. The molecular weight excluding hydrogens is 228 g/mol. The Balaban J connectivity index is 5.09. The van der Waals surface area contributed by atoms with E-state index in [4.69, 9.17) is 9.47 Å². The van der Waals surface area contributed by atoms with Crippen molar-refractivity contribution >= 4 is 5.97 Å². The number of hydrogen-bond donors (Lipinski definition) is 0. The molecule has 0 rings (SSSR count). The van der Waals surface area contributed by atoms with E-state index >= 15 is 0 Å². The molecule has 0 aromatic carbocycles. The first-order chi connectivity index (χ1) is 8.35. The Hall–Kier alpha value is -0.570. The van der Waals surface area contributed by atoms with Crippen molar-refractivity contribution in [2.45, 2.75) is 60.3 Å². The first kappa shape index (κ1) is 17.4. The average molecular weight is 258 g/mol. The summed E-state index contributed by atoms with van der Waals surface area (Å²) >= 11 is 0. The number of carbonyl (C=O) groups excluding carboxylic acids is 1. The molecule has 0 bridgehead atoms. The van der Waals surface area contributed by atoms with E-state index < -0.39 is 5.41 Å². The lowest BCUT2D eigenvalue weighted by Gasteiger charge is -2.42. The van der Waals surface area contributed by atoms with Crippen LogP contribution in [-0.4, -0.2) is 26.3 Å². The molecule has 3 nitrogen and oxygen atoms in total. The highest BCUT2D eigenvalue weighted by atomic mass is 16.5. The molecular formula is C15H30O3. The summed E-state index contributed by atoms with van der Waals surface area (Å²) in [5, 5.41) is 0. The monoisotopic (exact) mass is 258 g/mol. The van der Waals surface area contributed by atoms with Crippen LogP contribution in [0.15, 0.2) is 0 Å². The topological polar surface area (TPSA) is 35.5 Å². The van der Waals surface area contributed by atoms with Crippen LogP contribution in [-0.2, 0) is 14.3 Å². The van der Waals surface area contributed by atoms with Crippen LogP contribution >= 0.6 is 0 Å². The minimum absolute atomic E-state index is 0.115. The molecule has 18 heavy (non-hydrogen) atoms. The maximum absolute atomic E-state index is 12.4. The van der Waals surface area contributed by atoms with Crippen molar-refractivity contribution in [3.8, 4) is 0 Å². The fourth-order valence-electron chi connectivity index (χ4n) is 2.32. The maximum Gasteiger partial charge on any atom is 0.314 e. The molecule has 0 spiro atoms. The Kier molecular flexibility index (Phi) is 7.53. The molecule has 1 atom stereocenters. The van der Waals surface area contributed by atoms with Crippen LogP contribution in [0.1, 0.15) is 60.3 Å². The zero-order valence-electron chi connectivity index (χ0n) is 13.0. The fourth-order valence-corrected chi connectivity index (χ4v) is 2.32. The number of unbranched alkanes of at least 4 members (excludes halogenated alkanes) is 2. The maximum atomic E-state index is 12.4. The lowest BCUT2D eigenvalue weighted by atomic mass is 9.64. The highest BCUT2D eigenvalue weighted by Crippen LogP contribution is 2.44. The van der Waals surface area contributed by atoms with Crippen molar-refractivity contribution in [1.82, 2.24) is 0 Å². The molecule has 0 aliphatic heterocycles. The van der Waals surface area contributed by atoms with Crippen LogP contribution in [0.3, 0.4) is 0 Å². The van der Waals surface area contributed by atoms with Gasteiger partial charge in [0.1, 0.15) is 0 Å². The van der Waals surface area contributed by atoms with Gasteiger partial charge in [-0.15, -0.1) is 0 Å². The van der Waals surface area contributed by atoms with Crippen molar-refractivity contribution in [3.63, 3.8) is 0 Å². The second-order valence-electron chi connectivity index (χ2n) is 5.94. The summed E-state index contributed by atoms with van der Waals surface area (Å²) in [7, 11) is 1.65. The van der Waals surface area contributed by atoms with Gasteiger partial charge in [0, 0.05) is 7.11 Å². The number of esters is 1. The van der Waals surface area contributed by atoms with Crippen molar-refractivity contribution in [2.24, 2.45) is 10.8 Å². The van der Waals surface area contributed by atoms with E-state index in [9.17, 15) is 4.79 Å². The van der Waals surface area contributed by atoms with E-state index in [1.54, 1.807) is 7.11 Å². The molecule has 3 heteroatoms. The second-order valence-corrected chi connectivity index (χ2v) is 5.94. The molecule has 0 heterocycles. The molecule has 0 amide bonds. The molecule has 0 N–H and O–H groups in total. The Morgan fingerprint density at radius 1 is 1.11 bits per heavy atom. The van der Waals surface area contributed by atoms with Gasteiger partial charge in [-0.2, -0.15) is 0 Å². The predicted molar refractivity (Wildman–Crippen MR) is 74.5 cm³/mol. The number of ether oxygens (including phenoxy) is 2. The minimum atomic E-state index is -0.535. The first-order valence-corrected chi connectivity index (χ1v) is 7.02. The van der Waals surface area contributed by atoms with Crippen LogP contribution in [0.4, 0.5) is 0 Å². The molecule has 0 aromatic heterocycles. The van der Waals surface area contributed by atoms with Crippen molar-refractivity contribution < 1.29 is 14.3 Å². The summed E-state index contributed by atoms with van der Waals surface area (Å²) in [5.74, 6) is -0.115. The Morgan fingerprint density at radius 2 is 1.72 bits per heavy atom. The summed E-state index contributed by atoms with van der Waals surface area (Å²) < 4.78 is 10.6. The van der Waals surface area contributed by atoms with E-state index in [0.717, 1.165) is 25.7 Å². The van der Waals surface area contributed by atoms with E-state index in [0.29, 0.717) is 13.2 Å². The van der Waals surface area contributed by atoms with Crippen LogP contribution < -0.4 is 0 Å². The third kappa shape index (κ3) is 4.27. The van der Waals surface area contributed by atoms with Gasteiger partial charge in [0.2, 0.25) is 0 Å². The number of carbonyl (C=O) groups is 1. The Bertz CT molecular complexity index is 243. The van der Waals surface area contributed by atoms with Gasteiger partial charge in [-0.25, -0.2) is 0 Å². The minimum Gasteiger partial charge on any atom is -0.465 e. The van der Waals surface area contributed by atoms with Gasteiger partial charge in [-0.05, 0) is 18.8 Å². The van der Waals surface area contributed by atoms with Crippen LogP contribution in [0.5, 0.6) is 0 Å². The second kappa shape index (κ2) is 7.78. The fraction of sp³-hybridized carbons (Fsp3) is 0.933. The highest BCUT2D eigenvalue weighted by molar-refractivity contribution is 5.78. The van der Waals surface area contributed by atoms with E-state index in [2.05, 4.69) is 27.7 Å². The van der Waals surface area contributed by atoms with Crippen LogP contribution in [0.2, 0.25) is 0 Å². The summed E-state index contributed by atoms with van der Waals surface area (Å²) in [6.45, 7) is 11.1. The average Bonchev–Trinajstić information content (AvgIpc) is 2.26. The zero-order valence-corrected chi connectivity index (χ0v) is 13.0. The van der Waals surface area contributed by atoms with E-state index in [1.165, 1.54) is 0 Å². The van der Waals surface area contributed by atoms with E-state index in [-0.39, 0.29) is 11.4 Å². The largest absolute Gasteiger partial charge is 0.465 e. The smallest absolute Gasteiger partial charge is 0.314 e. The molecule has 0 fully saturated rings. The van der Waals surface area contributed by atoms with Gasteiger partial charge in [0.15, 0.2) is 0 Å². The molecule has 0 saturated heterocycles. The quantitative estimate of drug-likeness (QED) is 0.490. The van der Waals surface area contributed by atoms with E-state index in [1.807, 2.05) is 6.92 Å². The molecule has 0 aliphatic rings. The number of rotatable bonds is 8. The van der Waals surface area contributed by atoms with Crippen molar-refractivity contribution in [2.75, 3.05) is 20.3 Å². The summed E-state index contributed by atoms with van der Waals surface area (Å²) in [6.07, 6.45) is 4.16. The molecule has 108 valence electrons. The van der Waals surface area contributed by atoms with Gasteiger partial charge in [0.05, 0.1) is 18.6 Å². The normalized spacial score (nSPS) is 15.2. The summed E-state index contributed by atoms with van der Waals surface area (Å²) in [5.41, 5.74) is -0.698. The van der Waals surface area contributed by atoms with Crippen molar-refractivity contribution in [1.29, 1.82) is 0 Å². The SMILES string of the molecule is CCCCCC(COC)(C(=O)OCC)C(C)(C)C. The van der Waals surface area contributed by atoms with Gasteiger partial charge in [0.25, 0.3) is 0 Å². The van der Waals surface area contributed by atoms with Gasteiger partial charge >= 0.3 is 5.97 Å². The first-order valence-electron chi connectivity index (χ1n) is 7.02. The third-order valence-corrected chi connectivity index (χ3v) is 3.70.